The molecule has 1 fully saturated rings. The zero-order valence-electron chi connectivity index (χ0n) is 7.96. The molecule has 1 heterocycles. The standard InChI is InChI=1S/C9H16BrNO2/c1-13-9(12)8-4-2-6-11(8)7-3-5-10/h8H,2-7H2,1H3. The maximum Gasteiger partial charge on any atom is 0.323 e. The molecule has 0 spiro atoms. The quantitative estimate of drug-likeness (QED) is 0.558. The molecule has 1 aliphatic rings. The predicted molar refractivity (Wildman–Crippen MR) is 55.0 cm³/mol. The second-order valence-corrected chi connectivity index (χ2v) is 4.05. The summed E-state index contributed by atoms with van der Waals surface area (Å²) in [5, 5.41) is 0.997. The number of halogens is 1. The van der Waals surface area contributed by atoms with Gasteiger partial charge in [-0.3, -0.25) is 9.69 Å². The third kappa shape index (κ3) is 2.95. The van der Waals surface area contributed by atoms with Crippen LogP contribution in [0.25, 0.3) is 0 Å². The van der Waals surface area contributed by atoms with Crippen molar-refractivity contribution in [2.75, 3.05) is 25.5 Å². The van der Waals surface area contributed by atoms with Crippen molar-refractivity contribution < 1.29 is 9.53 Å². The van der Waals surface area contributed by atoms with Crippen LogP contribution >= 0.6 is 15.9 Å². The van der Waals surface area contributed by atoms with E-state index in [2.05, 4.69) is 20.8 Å². The van der Waals surface area contributed by atoms with Gasteiger partial charge in [0.05, 0.1) is 7.11 Å². The number of methoxy groups -OCH3 is 1. The minimum atomic E-state index is -0.0768. The van der Waals surface area contributed by atoms with Crippen molar-refractivity contribution in [1.29, 1.82) is 0 Å². The van der Waals surface area contributed by atoms with Crippen molar-refractivity contribution in [3.05, 3.63) is 0 Å². The fourth-order valence-electron chi connectivity index (χ4n) is 1.76. The smallest absolute Gasteiger partial charge is 0.323 e. The van der Waals surface area contributed by atoms with Crippen LogP contribution in [0.5, 0.6) is 0 Å². The van der Waals surface area contributed by atoms with E-state index in [4.69, 9.17) is 4.74 Å². The van der Waals surface area contributed by atoms with Gasteiger partial charge >= 0.3 is 5.97 Å². The highest BCUT2D eigenvalue weighted by molar-refractivity contribution is 9.09. The average molecular weight is 250 g/mol. The largest absolute Gasteiger partial charge is 0.468 e. The van der Waals surface area contributed by atoms with Crippen LogP contribution in [0.1, 0.15) is 19.3 Å². The Labute approximate surface area is 87.6 Å². The summed E-state index contributed by atoms with van der Waals surface area (Å²) in [6.45, 7) is 2.03. The predicted octanol–water partition coefficient (Wildman–Crippen LogP) is 1.41. The number of alkyl halides is 1. The molecule has 76 valence electrons. The Morgan fingerprint density at radius 3 is 3.08 bits per heavy atom. The Morgan fingerprint density at radius 1 is 1.69 bits per heavy atom. The van der Waals surface area contributed by atoms with Crippen LogP contribution in [-0.4, -0.2) is 42.4 Å². The second kappa shape index (κ2) is 5.60. The number of rotatable bonds is 4. The Hall–Kier alpha value is -0.0900. The number of ether oxygens (including phenoxy) is 1. The zero-order chi connectivity index (χ0) is 9.68. The van der Waals surface area contributed by atoms with Gasteiger partial charge in [-0.1, -0.05) is 15.9 Å². The molecular weight excluding hydrogens is 234 g/mol. The lowest BCUT2D eigenvalue weighted by molar-refractivity contribution is -0.145. The van der Waals surface area contributed by atoms with Crippen molar-refractivity contribution in [2.24, 2.45) is 0 Å². The summed E-state index contributed by atoms with van der Waals surface area (Å²) in [5.74, 6) is -0.0768. The third-order valence-corrected chi connectivity index (χ3v) is 2.98. The van der Waals surface area contributed by atoms with Crippen LogP contribution in [0.3, 0.4) is 0 Å². The SMILES string of the molecule is COC(=O)C1CCCN1CCCBr. The summed E-state index contributed by atoms with van der Waals surface area (Å²) in [5.41, 5.74) is 0. The molecule has 0 amide bonds. The first-order chi connectivity index (χ1) is 6.29. The van der Waals surface area contributed by atoms with Crippen molar-refractivity contribution in [2.45, 2.75) is 25.3 Å². The molecular formula is C9H16BrNO2. The fraction of sp³-hybridized carbons (Fsp3) is 0.889. The Kier molecular flexibility index (Phi) is 4.73. The van der Waals surface area contributed by atoms with Gasteiger partial charge in [-0.15, -0.1) is 0 Å². The Bertz CT molecular complexity index is 175. The molecule has 1 aliphatic heterocycles. The average Bonchev–Trinajstić information content (AvgIpc) is 2.61. The Morgan fingerprint density at radius 2 is 2.46 bits per heavy atom. The molecule has 13 heavy (non-hydrogen) atoms. The first-order valence-electron chi connectivity index (χ1n) is 4.67. The molecule has 1 saturated heterocycles. The summed E-state index contributed by atoms with van der Waals surface area (Å²) in [6, 6.07) is 0.0176. The zero-order valence-corrected chi connectivity index (χ0v) is 9.55. The lowest BCUT2D eigenvalue weighted by atomic mass is 10.2. The van der Waals surface area contributed by atoms with Gasteiger partial charge in [0.25, 0.3) is 0 Å². The lowest BCUT2D eigenvalue weighted by Crippen LogP contribution is -2.37. The van der Waals surface area contributed by atoms with Gasteiger partial charge in [0, 0.05) is 5.33 Å². The van der Waals surface area contributed by atoms with Gasteiger partial charge in [-0.05, 0) is 32.4 Å². The molecule has 0 aliphatic carbocycles. The number of hydrogen-bond donors (Lipinski definition) is 0. The number of carbonyl (C=O) groups excluding carboxylic acids is 1. The van der Waals surface area contributed by atoms with E-state index in [1.54, 1.807) is 0 Å². The summed E-state index contributed by atoms with van der Waals surface area (Å²) in [4.78, 5) is 13.5. The highest BCUT2D eigenvalue weighted by Crippen LogP contribution is 2.18. The molecule has 1 unspecified atom stereocenters. The lowest BCUT2D eigenvalue weighted by Gasteiger charge is -2.21. The molecule has 3 nitrogen and oxygen atoms in total. The summed E-state index contributed by atoms with van der Waals surface area (Å²) in [7, 11) is 1.46. The second-order valence-electron chi connectivity index (χ2n) is 3.26. The molecule has 0 aromatic heterocycles. The van der Waals surface area contributed by atoms with Gasteiger partial charge < -0.3 is 4.74 Å². The molecule has 0 saturated carbocycles. The van der Waals surface area contributed by atoms with E-state index < -0.39 is 0 Å². The van der Waals surface area contributed by atoms with Crippen molar-refractivity contribution in [3.8, 4) is 0 Å². The number of carbonyl (C=O) groups is 1. The van der Waals surface area contributed by atoms with Gasteiger partial charge in [0.15, 0.2) is 0 Å². The molecule has 0 N–H and O–H groups in total. The van der Waals surface area contributed by atoms with Crippen LogP contribution in [0.15, 0.2) is 0 Å². The fourth-order valence-corrected chi connectivity index (χ4v) is 2.01. The normalized spacial score (nSPS) is 23.4. The number of nitrogens with zero attached hydrogens (tertiary/aromatic N) is 1. The van der Waals surface area contributed by atoms with Gasteiger partial charge in [0.2, 0.25) is 0 Å². The molecule has 1 atom stereocenters. The highest BCUT2D eigenvalue weighted by Gasteiger charge is 2.30. The maximum absolute atomic E-state index is 11.3. The van der Waals surface area contributed by atoms with Gasteiger partial charge in [0.1, 0.15) is 6.04 Å². The van der Waals surface area contributed by atoms with E-state index in [1.165, 1.54) is 7.11 Å². The van der Waals surface area contributed by atoms with Crippen molar-refractivity contribution >= 4 is 21.9 Å². The van der Waals surface area contributed by atoms with Gasteiger partial charge in [-0.25, -0.2) is 0 Å². The van der Waals surface area contributed by atoms with E-state index in [-0.39, 0.29) is 12.0 Å². The van der Waals surface area contributed by atoms with E-state index in [0.717, 1.165) is 37.7 Å². The number of esters is 1. The summed E-state index contributed by atoms with van der Waals surface area (Å²) >= 11 is 3.39. The van der Waals surface area contributed by atoms with E-state index >= 15 is 0 Å². The first-order valence-corrected chi connectivity index (χ1v) is 5.79. The molecule has 1 rings (SSSR count). The van der Waals surface area contributed by atoms with Gasteiger partial charge in [-0.2, -0.15) is 0 Å². The number of likely N-dealkylation sites (tertiary alicyclic amines) is 1. The molecule has 0 bridgehead atoms. The van der Waals surface area contributed by atoms with E-state index in [1.807, 2.05) is 0 Å². The van der Waals surface area contributed by atoms with Crippen LogP contribution in [0.2, 0.25) is 0 Å². The topological polar surface area (TPSA) is 29.5 Å². The van der Waals surface area contributed by atoms with Crippen LogP contribution in [-0.2, 0) is 9.53 Å². The summed E-state index contributed by atoms with van der Waals surface area (Å²) in [6.07, 6.45) is 3.16. The Balaban J connectivity index is 2.39. The maximum atomic E-state index is 11.3. The van der Waals surface area contributed by atoms with Crippen molar-refractivity contribution in [3.63, 3.8) is 0 Å². The summed E-state index contributed by atoms with van der Waals surface area (Å²) < 4.78 is 4.75. The molecule has 4 heteroatoms. The van der Waals surface area contributed by atoms with Crippen LogP contribution in [0.4, 0.5) is 0 Å². The molecule has 0 aromatic rings. The van der Waals surface area contributed by atoms with E-state index in [9.17, 15) is 4.79 Å². The monoisotopic (exact) mass is 249 g/mol. The molecule has 0 aromatic carbocycles. The first kappa shape index (κ1) is 11.0. The minimum absolute atomic E-state index is 0.0176. The van der Waals surface area contributed by atoms with E-state index in [0.29, 0.717) is 0 Å². The third-order valence-electron chi connectivity index (χ3n) is 2.42. The van der Waals surface area contributed by atoms with Crippen molar-refractivity contribution in [1.82, 2.24) is 4.90 Å². The number of hydrogen-bond acceptors (Lipinski definition) is 3. The van der Waals surface area contributed by atoms with Crippen LogP contribution in [0, 0.1) is 0 Å². The van der Waals surface area contributed by atoms with Crippen LogP contribution < -0.4 is 0 Å². The molecule has 0 radical (unpaired) electrons. The highest BCUT2D eigenvalue weighted by atomic mass is 79.9. The minimum Gasteiger partial charge on any atom is -0.468 e.